The van der Waals surface area contributed by atoms with E-state index in [9.17, 15) is 22.8 Å². The van der Waals surface area contributed by atoms with Crippen molar-refractivity contribution in [2.24, 2.45) is 0 Å². The second kappa shape index (κ2) is 10.7. The van der Waals surface area contributed by atoms with Gasteiger partial charge in [0.05, 0.1) is 36.8 Å². The third-order valence-corrected chi connectivity index (χ3v) is 7.02. The quantitative estimate of drug-likeness (QED) is 0.280. The van der Waals surface area contributed by atoms with Crippen LogP contribution in [0.15, 0.2) is 70.4 Å². The molecule has 0 amide bonds. The van der Waals surface area contributed by atoms with Crippen molar-refractivity contribution in [2.45, 2.75) is 58.1 Å². The van der Waals surface area contributed by atoms with Crippen molar-refractivity contribution in [1.82, 2.24) is 14.3 Å². The fourth-order valence-electron chi connectivity index (χ4n) is 4.80. The van der Waals surface area contributed by atoms with Crippen LogP contribution in [-0.2, 0) is 24.1 Å². The maximum Gasteiger partial charge on any atom is 0.416 e. The molecule has 0 saturated heterocycles. The summed E-state index contributed by atoms with van der Waals surface area (Å²) in [5, 5.41) is 8.40. The van der Waals surface area contributed by atoms with Crippen LogP contribution in [-0.4, -0.2) is 21.0 Å². The highest BCUT2D eigenvalue weighted by Gasteiger charge is 2.33. The van der Waals surface area contributed by atoms with Crippen LogP contribution in [0.1, 0.15) is 54.1 Å². The highest BCUT2D eigenvalue weighted by atomic mass is 19.4. The number of nitrogens with one attached hydrogen (secondary N) is 1. The Morgan fingerprint density at radius 1 is 1.08 bits per heavy atom. The van der Waals surface area contributed by atoms with Gasteiger partial charge in [0.15, 0.2) is 5.82 Å². The second-order valence-electron chi connectivity index (χ2n) is 9.88. The lowest BCUT2D eigenvalue weighted by atomic mass is 9.97. The minimum Gasteiger partial charge on any atom is -0.375 e. The molecule has 2 aromatic heterocycles. The zero-order chi connectivity index (χ0) is 27.7. The lowest BCUT2D eigenvalue weighted by Gasteiger charge is -2.21. The van der Waals surface area contributed by atoms with Gasteiger partial charge in [0.25, 0.3) is 11.1 Å². The summed E-state index contributed by atoms with van der Waals surface area (Å²) in [5.74, 6) is 0.311. The van der Waals surface area contributed by atoms with E-state index in [0.717, 1.165) is 24.5 Å². The molecule has 1 unspecified atom stereocenters. The molecule has 1 aliphatic carbocycles. The molecule has 0 radical (unpaired) electrons. The first-order valence-electron chi connectivity index (χ1n) is 12.9. The molecule has 2 heterocycles. The predicted molar refractivity (Wildman–Crippen MR) is 143 cm³/mol. The van der Waals surface area contributed by atoms with Gasteiger partial charge in [-0.3, -0.25) is 9.59 Å². The smallest absolute Gasteiger partial charge is 0.375 e. The van der Waals surface area contributed by atoms with E-state index in [1.165, 1.54) is 23.7 Å². The zero-order valence-corrected chi connectivity index (χ0v) is 21.7. The number of alkyl halides is 3. The van der Waals surface area contributed by atoms with Gasteiger partial charge < -0.3 is 14.6 Å². The number of hydrogen-bond acceptors (Lipinski definition) is 5. The largest absolute Gasteiger partial charge is 0.416 e. The summed E-state index contributed by atoms with van der Waals surface area (Å²) < 4.78 is 49.2. The Morgan fingerprint density at radius 3 is 2.51 bits per heavy atom. The van der Waals surface area contributed by atoms with E-state index in [1.54, 1.807) is 23.8 Å². The number of aromatic nitrogens is 3. The van der Waals surface area contributed by atoms with Gasteiger partial charge in [-0.25, -0.2) is 4.68 Å². The zero-order valence-electron chi connectivity index (χ0n) is 21.7. The number of halogens is 3. The van der Waals surface area contributed by atoms with E-state index < -0.39 is 23.3 Å². The molecule has 1 N–H and O–H groups in total. The number of benzene rings is 2. The summed E-state index contributed by atoms with van der Waals surface area (Å²) in [5.41, 5.74) is 0.167. The minimum absolute atomic E-state index is 0.0757. The Bertz CT molecular complexity index is 1610. The molecule has 1 saturated carbocycles. The third-order valence-electron chi connectivity index (χ3n) is 7.02. The molecule has 1 atom stereocenters. The number of hydrogen-bond donors (Lipinski definition) is 1. The normalized spacial score (nSPS) is 14.5. The minimum atomic E-state index is -4.47. The van der Waals surface area contributed by atoms with Gasteiger partial charge in [0, 0.05) is 23.7 Å². The van der Waals surface area contributed by atoms with Gasteiger partial charge >= 0.3 is 6.18 Å². The molecule has 0 spiro atoms. The lowest BCUT2D eigenvalue weighted by Crippen LogP contribution is -2.29. The van der Waals surface area contributed by atoms with Crippen molar-refractivity contribution in [1.29, 1.82) is 0 Å². The van der Waals surface area contributed by atoms with Crippen LogP contribution in [0.4, 0.5) is 19.0 Å². The summed E-state index contributed by atoms with van der Waals surface area (Å²) in [6.07, 6.45) is -1.10. The maximum absolute atomic E-state index is 13.5. The molecule has 4 aromatic rings. The average molecular weight is 539 g/mol. The van der Waals surface area contributed by atoms with Gasteiger partial charge in [0.1, 0.15) is 0 Å². The first-order valence-corrected chi connectivity index (χ1v) is 12.9. The van der Waals surface area contributed by atoms with E-state index in [0.29, 0.717) is 23.4 Å². The molecule has 0 aliphatic heterocycles. The van der Waals surface area contributed by atoms with Crippen molar-refractivity contribution in [2.75, 3.05) is 11.9 Å². The summed E-state index contributed by atoms with van der Waals surface area (Å²) in [4.78, 5) is 26.1. The fraction of sp³-hybridized carbons (Fsp3) is 0.345. The van der Waals surface area contributed by atoms with E-state index in [-0.39, 0.29) is 35.7 Å². The monoisotopic (exact) mass is 538 g/mol. The predicted octanol–water partition coefficient (Wildman–Crippen LogP) is 5.61. The fourth-order valence-corrected chi connectivity index (χ4v) is 4.80. The van der Waals surface area contributed by atoms with Crippen molar-refractivity contribution in [3.63, 3.8) is 0 Å². The van der Waals surface area contributed by atoms with Crippen LogP contribution in [0, 0.1) is 6.92 Å². The van der Waals surface area contributed by atoms with Crippen molar-refractivity contribution in [3.05, 3.63) is 104 Å². The van der Waals surface area contributed by atoms with E-state index in [4.69, 9.17) is 4.74 Å². The highest BCUT2D eigenvalue weighted by Crippen LogP contribution is 2.36. The standard InChI is InChI=1S/C29H29F3N4O3/c1-18-22(9-6-10-25(18)29(30,31)32)19(2)33-27-24-16-35(21-11-12-21)26(37)15-23(24)28(38)36(34-27)13-14-39-17-20-7-4-3-5-8-20/h3-10,15-16,19,21H,11-14,17H2,1-2H3,(H,33,34). The first kappa shape index (κ1) is 26.7. The molecule has 7 nitrogen and oxygen atoms in total. The Morgan fingerprint density at radius 2 is 1.82 bits per heavy atom. The molecule has 2 aromatic carbocycles. The van der Waals surface area contributed by atoms with Crippen molar-refractivity contribution in [3.8, 4) is 0 Å². The molecule has 5 rings (SSSR count). The molecule has 1 aliphatic rings. The van der Waals surface area contributed by atoms with Crippen LogP contribution in [0.5, 0.6) is 0 Å². The number of ether oxygens (including phenoxy) is 1. The van der Waals surface area contributed by atoms with Crippen molar-refractivity contribution >= 4 is 16.6 Å². The van der Waals surface area contributed by atoms with Gasteiger partial charge in [-0.1, -0.05) is 42.5 Å². The maximum atomic E-state index is 13.5. The summed E-state index contributed by atoms with van der Waals surface area (Å²) in [6, 6.07) is 14.5. The van der Waals surface area contributed by atoms with Crippen molar-refractivity contribution < 1.29 is 17.9 Å². The van der Waals surface area contributed by atoms with E-state index in [2.05, 4.69) is 10.4 Å². The average Bonchev–Trinajstić information content (AvgIpc) is 3.74. The Kier molecular flexibility index (Phi) is 7.31. The molecule has 10 heteroatoms. The Balaban J connectivity index is 1.49. The second-order valence-corrected chi connectivity index (χ2v) is 9.88. The van der Waals surface area contributed by atoms with Crippen LogP contribution < -0.4 is 16.4 Å². The SMILES string of the molecule is Cc1c(C(C)Nc2nn(CCOCc3ccccc3)c(=O)c3cc(=O)n(C4CC4)cc23)cccc1C(F)(F)F. The number of nitrogens with zero attached hydrogens (tertiary/aromatic N) is 3. The number of anilines is 1. The summed E-state index contributed by atoms with van der Waals surface area (Å²) >= 11 is 0. The van der Waals surface area contributed by atoms with E-state index >= 15 is 0 Å². The molecule has 39 heavy (non-hydrogen) atoms. The number of pyridine rings is 1. The summed E-state index contributed by atoms with van der Waals surface area (Å²) in [6.45, 7) is 3.89. The summed E-state index contributed by atoms with van der Waals surface area (Å²) in [7, 11) is 0. The van der Waals surface area contributed by atoms with Crippen LogP contribution in [0.2, 0.25) is 0 Å². The van der Waals surface area contributed by atoms with Gasteiger partial charge in [-0.2, -0.15) is 18.3 Å². The van der Waals surface area contributed by atoms with Gasteiger partial charge in [-0.05, 0) is 49.4 Å². The highest BCUT2D eigenvalue weighted by molar-refractivity contribution is 5.90. The molecule has 0 bridgehead atoms. The third kappa shape index (κ3) is 5.75. The number of fused-ring (bicyclic) bond motifs is 1. The van der Waals surface area contributed by atoms with E-state index in [1.807, 2.05) is 30.3 Å². The Hall–Kier alpha value is -3.92. The molecular formula is C29H29F3N4O3. The first-order chi connectivity index (χ1) is 18.6. The van der Waals surface area contributed by atoms with Crippen LogP contribution in [0.25, 0.3) is 10.8 Å². The van der Waals surface area contributed by atoms with Gasteiger partial charge in [-0.15, -0.1) is 0 Å². The molecule has 1 fully saturated rings. The molecular weight excluding hydrogens is 509 g/mol. The lowest BCUT2D eigenvalue weighted by molar-refractivity contribution is -0.138. The number of rotatable bonds is 9. The molecule has 204 valence electrons. The Labute approximate surface area is 222 Å². The van der Waals surface area contributed by atoms with Crippen LogP contribution >= 0.6 is 0 Å². The topological polar surface area (TPSA) is 78.2 Å². The van der Waals surface area contributed by atoms with Gasteiger partial charge in [0.2, 0.25) is 0 Å². The van der Waals surface area contributed by atoms with Crippen LogP contribution in [0.3, 0.4) is 0 Å².